The van der Waals surface area contributed by atoms with Crippen molar-refractivity contribution in [1.82, 2.24) is 5.32 Å². The number of benzene rings is 2. The second-order valence-corrected chi connectivity index (χ2v) is 5.91. The average molecular weight is 323 g/mol. The molecule has 1 amide bonds. The molecule has 1 aliphatic rings. The summed E-state index contributed by atoms with van der Waals surface area (Å²) in [6, 6.07) is 19.6. The van der Waals surface area contributed by atoms with Gasteiger partial charge in [0.1, 0.15) is 5.71 Å². The van der Waals surface area contributed by atoms with Crippen LogP contribution >= 0.6 is 0 Å². The van der Waals surface area contributed by atoms with E-state index in [4.69, 9.17) is 5.11 Å². The van der Waals surface area contributed by atoms with Crippen molar-refractivity contribution in [2.75, 3.05) is 11.6 Å². The zero-order valence-corrected chi connectivity index (χ0v) is 13.6. The third-order valence-electron chi connectivity index (χ3n) is 4.03. The van der Waals surface area contributed by atoms with Crippen LogP contribution in [0.2, 0.25) is 0 Å². The summed E-state index contributed by atoms with van der Waals surface area (Å²) in [4.78, 5) is 12.4. The second kappa shape index (κ2) is 7.27. The number of anilines is 1. The smallest absolute Gasteiger partial charge is 0.267 e. The number of nitrogens with zero attached hydrogens (tertiary/aromatic N) is 2. The maximum atomic E-state index is 12.4. The van der Waals surface area contributed by atoms with Gasteiger partial charge >= 0.3 is 0 Å². The molecule has 2 aromatic carbocycles. The van der Waals surface area contributed by atoms with Crippen LogP contribution in [-0.2, 0) is 4.79 Å². The minimum atomic E-state index is -0.291. The largest absolute Gasteiger partial charge is 0.394 e. The van der Waals surface area contributed by atoms with Crippen molar-refractivity contribution in [2.24, 2.45) is 5.10 Å². The monoisotopic (exact) mass is 323 g/mol. The molecule has 24 heavy (non-hydrogen) atoms. The van der Waals surface area contributed by atoms with Crippen molar-refractivity contribution in [3.8, 4) is 0 Å². The highest BCUT2D eigenvalue weighted by Gasteiger charge is 2.32. The van der Waals surface area contributed by atoms with Crippen molar-refractivity contribution in [1.29, 1.82) is 0 Å². The van der Waals surface area contributed by atoms with Crippen LogP contribution < -0.4 is 10.3 Å². The van der Waals surface area contributed by atoms with Crippen molar-refractivity contribution < 1.29 is 9.90 Å². The van der Waals surface area contributed by atoms with Gasteiger partial charge in [-0.1, -0.05) is 48.5 Å². The first-order valence-corrected chi connectivity index (χ1v) is 8.07. The Labute approximate surface area is 141 Å². The highest BCUT2D eigenvalue weighted by atomic mass is 16.3. The normalized spacial score (nSPS) is 18.2. The van der Waals surface area contributed by atoms with Crippen LogP contribution in [0.4, 0.5) is 5.69 Å². The molecule has 0 fully saturated rings. The maximum Gasteiger partial charge on any atom is 0.267 e. The molecule has 3 rings (SSSR count). The first kappa shape index (κ1) is 16.2. The number of carbonyl (C=O) groups excluding carboxylic acids is 1. The first-order chi connectivity index (χ1) is 11.7. The minimum absolute atomic E-state index is 0.0150. The highest BCUT2D eigenvalue weighted by Crippen LogP contribution is 2.34. The molecule has 5 nitrogen and oxygen atoms in total. The lowest BCUT2D eigenvalue weighted by atomic mass is 10.0. The molecular formula is C19H21N3O2. The zero-order valence-electron chi connectivity index (χ0n) is 13.6. The molecule has 124 valence electrons. The van der Waals surface area contributed by atoms with Gasteiger partial charge < -0.3 is 10.4 Å². The Morgan fingerprint density at radius 3 is 2.46 bits per heavy atom. The van der Waals surface area contributed by atoms with Gasteiger partial charge in [-0.3, -0.25) is 9.80 Å². The summed E-state index contributed by atoms with van der Waals surface area (Å²) in [6.07, 6.45) is 0.531. The van der Waals surface area contributed by atoms with Gasteiger partial charge in [0, 0.05) is 12.5 Å². The number of amides is 1. The van der Waals surface area contributed by atoms with Gasteiger partial charge in [-0.05, 0) is 24.6 Å². The van der Waals surface area contributed by atoms with E-state index in [0.29, 0.717) is 12.1 Å². The quantitative estimate of drug-likeness (QED) is 0.888. The third-order valence-corrected chi connectivity index (χ3v) is 4.03. The molecule has 0 bridgehead atoms. The van der Waals surface area contributed by atoms with Crippen LogP contribution in [0, 0.1) is 0 Å². The van der Waals surface area contributed by atoms with Crippen LogP contribution in [0.5, 0.6) is 0 Å². The van der Waals surface area contributed by atoms with Crippen LogP contribution in [0.15, 0.2) is 65.8 Å². The Hall–Kier alpha value is -2.66. The number of para-hydroxylation sites is 1. The molecule has 2 N–H and O–H groups in total. The molecule has 0 saturated heterocycles. The molecule has 0 saturated carbocycles. The van der Waals surface area contributed by atoms with E-state index in [9.17, 15) is 4.79 Å². The molecule has 0 aromatic heterocycles. The van der Waals surface area contributed by atoms with Crippen molar-refractivity contribution >= 4 is 17.3 Å². The average Bonchev–Trinajstić information content (AvgIpc) is 3.08. The number of nitrogens with one attached hydrogen (secondary N) is 1. The maximum absolute atomic E-state index is 12.4. The Morgan fingerprint density at radius 1 is 1.21 bits per heavy atom. The Balaban J connectivity index is 1.89. The summed E-state index contributed by atoms with van der Waals surface area (Å²) in [5.41, 5.74) is 2.54. The molecular weight excluding hydrogens is 302 g/mol. The number of hydrogen-bond acceptors (Lipinski definition) is 4. The predicted molar refractivity (Wildman–Crippen MR) is 94.8 cm³/mol. The van der Waals surface area contributed by atoms with Gasteiger partial charge in [0.15, 0.2) is 0 Å². The molecule has 2 unspecified atom stereocenters. The number of rotatable bonds is 5. The molecule has 1 aliphatic heterocycles. The van der Waals surface area contributed by atoms with Crippen molar-refractivity contribution in [3.63, 3.8) is 0 Å². The number of aliphatic hydroxyl groups excluding tert-OH is 1. The SMILES string of the molecule is CC(CO)NC(=O)C1=NN(c2ccccc2)C(c2ccccc2)C1. The van der Waals surface area contributed by atoms with Gasteiger partial charge in [0.05, 0.1) is 18.3 Å². The van der Waals surface area contributed by atoms with E-state index in [2.05, 4.69) is 10.4 Å². The Bertz CT molecular complexity index is 716. The van der Waals surface area contributed by atoms with Crippen LogP contribution in [0.25, 0.3) is 0 Å². The summed E-state index contributed by atoms with van der Waals surface area (Å²) < 4.78 is 0. The summed E-state index contributed by atoms with van der Waals surface area (Å²) in [7, 11) is 0. The van der Waals surface area contributed by atoms with Gasteiger partial charge in [-0.15, -0.1) is 0 Å². The van der Waals surface area contributed by atoms with E-state index in [-0.39, 0.29) is 24.6 Å². The molecule has 5 heteroatoms. The van der Waals surface area contributed by atoms with Gasteiger partial charge in [-0.2, -0.15) is 5.10 Å². The van der Waals surface area contributed by atoms with Crippen molar-refractivity contribution in [2.45, 2.75) is 25.4 Å². The van der Waals surface area contributed by atoms with Gasteiger partial charge in [-0.25, -0.2) is 0 Å². The summed E-state index contributed by atoms with van der Waals surface area (Å²) >= 11 is 0. The van der Waals surface area contributed by atoms with E-state index >= 15 is 0 Å². The van der Waals surface area contributed by atoms with Crippen LogP contribution in [-0.4, -0.2) is 29.4 Å². The van der Waals surface area contributed by atoms with Crippen LogP contribution in [0.3, 0.4) is 0 Å². The summed E-state index contributed by atoms with van der Waals surface area (Å²) in [5.74, 6) is -0.226. The van der Waals surface area contributed by atoms with Gasteiger partial charge in [0.2, 0.25) is 0 Å². The van der Waals surface area contributed by atoms with Gasteiger partial charge in [0.25, 0.3) is 5.91 Å². The molecule has 2 aromatic rings. The molecule has 0 spiro atoms. The summed E-state index contributed by atoms with van der Waals surface area (Å²) in [5, 5.41) is 18.3. The fourth-order valence-corrected chi connectivity index (χ4v) is 2.75. The van der Waals surface area contributed by atoms with Crippen molar-refractivity contribution in [3.05, 3.63) is 66.2 Å². The predicted octanol–water partition coefficient (Wildman–Crippen LogP) is 2.49. The van der Waals surface area contributed by atoms with E-state index in [1.165, 1.54) is 0 Å². The number of aliphatic hydroxyl groups is 1. The molecule has 1 heterocycles. The lowest BCUT2D eigenvalue weighted by molar-refractivity contribution is -0.115. The van der Waals surface area contributed by atoms with E-state index in [1.807, 2.05) is 65.7 Å². The fraction of sp³-hybridized carbons (Fsp3) is 0.263. The van der Waals surface area contributed by atoms with E-state index < -0.39 is 0 Å². The van der Waals surface area contributed by atoms with Crippen LogP contribution in [0.1, 0.15) is 24.9 Å². The minimum Gasteiger partial charge on any atom is -0.394 e. The van der Waals surface area contributed by atoms with E-state index in [0.717, 1.165) is 11.3 Å². The highest BCUT2D eigenvalue weighted by molar-refractivity contribution is 6.39. The number of hydrazone groups is 1. The lowest BCUT2D eigenvalue weighted by Gasteiger charge is -2.23. The lowest BCUT2D eigenvalue weighted by Crippen LogP contribution is -2.39. The second-order valence-electron chi connectivity index (χ2n) is 5.91. The molecule has 2 atom stereocenters. The zero-order chi connectivity index (χ0) is 16.9. The standard InChI is InChI=1S/C19H21N3O2/c1-14(13-23)20-19(24)17-12-18(15-8-4-2-5-9-15)22(21-17)16-10-6-3-7-11-16/h2-11,14,18,23H,12-13H2,1H3,(H,20,24). The number of hydrogen-bond donors (Lipinski definition) is 2. The topological polar surface area (TPSA) is 64.9 Å². The Kier molecular flexibility index (Phi) is 4.91. The number of carbonyl (C=O) groups is 1. The fourth-order valence-electron chi connectivity index (χ4n) is 2.75. The first-order valence-electron chi connectivity index (χ1n) is 8.07. The molecule has 0 aliphatic carbocycles. The molecule has 0 radical (unpaired) electrons. The Morgan fingerprint density at radius 2 is 1.83 bits per heavy atom. The third kappa shape index (κ3) is 3.46. The summed E-state index contributed by atoms with van der Waals surface area (Å²) in [6.45, 7) is 1.67. The van der Waals surface area contributed by atoms with E-state index in [1.54, 1.807) is 6.92 Å².